The van der Waals surface area contributed by atoms with Gasteiger partial charge < -0.3 is 5.32 Å². The first-order chi connectivity index (χ1) is 7.95. The molecule has 1 rings (SSSR count). The molecule has 1 heterocycles. The van der Waals surface area contributed by atoms with Crippen LogP contribution in [0.1, 0.15) is 55.7 Å². The van der Waals surface area contributed by atoms with Crippen LogP contribution in [0.15, 0.2) is 6.07 Å². The molecular weight excluding hydrogens is 208 g/mol. The molecule has 1 aromatic rings. The van der Waals surface area contributed by atoms with Crippen molar-refractivity contribution in [1.29, 1.82) is 0 Å². The van der Waals surface area contributed by atoms with E-state index in [1.54, 1.807) is 0 Å². The van der Waals surface area contributed by atoms with E-state index in [9.17, 15) is 0 Å². The van der Waals surface area contributed by atoms with Crippen molar-refractivity contribution < 1.29 is 0 Å². The van der Waals surface area contributed by atoms with Gasteiger partial charge in [0, 0.05) is 17.4 Å². The van der Waals surface area contributed by atoms with Gasteiger partial charge in [-0.15, -0.1) is 0 Å². The van der Waals surface area contributed by atoms with Crippen LogP contribution >= 0.6 is 0 Å². The van der Waals surface area contributed by atoms with Crippen molar-refractivity contribution in [3.05, 3.63) is 28.6 Å². The molecule has 2 heteroatoms. The van der Waals surface area contributed by atoms with Gasteiger partial charge in [-0.05, 0) is 57.4 Å². The van der Waals surface area contributed by atoms with Gasteiger partial charge in [0.2, 0.25) is 0 Å². The Bertz CT molecular complexity index is 348. The van der Waals surface area contributed by atoms with Crippen LogP contribution in [0.2, 0.25) is 0 Å². The van der Waals surface area contributed by atoms with Crippen LogP contribution in [-0.4, -0.2) is 11.5 Å². The fourth-order valence-corrected chi connectivity index (χ4v) is 2.31. The fourth-order valence-electron chi connectivity index (χ4n) is 2.31. The Morgan fingerprint density at radius 2 is 1.88 bits per heavy atom. The zero-order valence-electron chi connectivity index (χ0n) is 12.1. The molecule has 96 valence electrons. The highest BCUT2D eigenvalue weighted by Crippen LogP contribution is 2.21. The van der Waals surface area contributed by atoms with E-state index in [0.717, 1.165) is 23.9 Å². The van der Waals surface area contributed by atoms with Gasteiger partial charge in [-0.3, -0.25) is 4.98 Å². The Morgan fingerprint density at radius 1 is 1.24 bits per heavy atom. The molecule has 0 aliphatic carbocycles. The third kappa shape index (κ3) is 3.81. The Kier molecular flexibility index (Phi) is 5.13. The zero-order chi connectivity index (χ0) is 13.0. The minimum absolute atomic E-state index is 0.386. The van der Waals surface area contributed by atoms with Gasteiger partial charge in [-0.25, -0.2) is 0 Å². The molecule has 2 nitrogen and oxygen atoms in total. The molecule has 0 aliphatic rings. The summed E-state index contributed by atoms with van der Waals surface area (Å²) in [5.74, 6) is 0.733. The lowest BCUT2D eigenvalue weighted by atomic mass is 9.99. The fraction of sp³-hybridized carbons (Fsp3) is 0.667. The molecule has 1 aromatic heterocycles. The Labute approximate surface area is 106 Å². The minimum Gasteiger partial charge on any atom is -0.310 e. The van der Waals surface area contributed by atoms with Gasteiger partial charge in [0.15, 0.2) is 0 Å². The van der Waals surface area contributed by atoms with Crippen LogP contribution in [0.25, 0.3) is 0 Å². The molecule has 0 amide bonds. The van der Waals surface area contributed by atoms with E-state index < -0.39 is 0 Å². The lowest BCUT2D eigenvalue weighted by Gasteiger charge is -2.21. The minimum atomic E-state index is 0.386. The van der Waals surface area contributed by atoms with Gasteiger partial charge >= 0.3 is 0 Å². The van der Waals surface area contributed by atoms with Crippen molar-refractivity contribution in [2.45, 2.75) is 54.0 Å². The first-order valence-corrected chi connectivity index (χ1v) is 6.63. The largest absolute Gasteiger partial charge is 0.310 e. The highest BCUT2D eigenvalue weighted by atomic mass is 14.9. The number of nitrogens with zero attached hydrogens (tertiary/aromatic N) is 1. The summed E-state index contributed by atoms with van der Waals surface area (Å²) in [7, 11) is 0. The van der Waals surface area contributed by atoms with Gasteiger partial charge in [-0.1, -0.05) is 20.3 Å². The van der Waals surface area contributed by atoms with Gasteiger partial charge in [0.1, 0.15) is 0 Å². The summed E-state index contributed by atoms with van der Waals surface area (Å²) in [4.78, 5) is 4.56. The topological polar surface area (TPSA) is 24.9 Å². The first kappa shape index (κ1) is 14.2. The second-order valence-electron chi connectivity index (χ2n) is 5.22. The summed E-state index contributed by atoms with van der Waals surface area (Å²) in [6.07, 6.45) is 1.23. The summed E-state index contributed by atoms with van der Waals surface area (Å²) < 4.78 is 0. The molecule has 0 bridgehead atoms. The van der Waals surface area contributed by atoms with Crippen LogP contribution in [-0.2, 0) is 0 Å². The second kappa shape index (κ2) is 6.15. The zero-order valence-corrected chi connectivity index (χ0v) is 12.1. The lowest BCUT2D eigenvalue weighted by molar-refractivity contribution is 0.458. The lowest BCUT2D eigenvalue weighted by Crippen LogP contribution is -2.25. The van der Waals surface area contributed by atoms with E-state index in [4.69, 9.17) is 0 Å². The predicted molar refractivity (Wildman–Crippen MR) is 74.3 cm³/mol. The monoisotopic (exact) mass is 234 g/mol. The predicted octanol–water partition coefficient (Wildman–Crippen LogP) is 3.70. The summed E-state index contributed by atoms with van der Waals surface area (Å²) in [5.41, 5.74) is 4.97. The number of hydrogen-bond acceptors (Lipinski definition) is 2. The molecule has 0 saturated heterocycles. The van der Waals surface area contributed by atoms with Crippen molar-refractivity contribution in [2.75, 3.05) is 6.54 Å². The van der Waals surface area contributed by atoms with Crippen LogP contribution in [0, 0.1) is 26.7 Å². The molecule has 1 N–H and O–H groups in total. The molecule has 2 atom stereocenters. The summed E-state index contributed by atoms with van der Waals surface area (Å²) in [6.45, 7) is 14.2. The molecule has 2 unspecified atom stereocenters. The van der Waals surface area contributed by atoms with Crippen LogP contribution < -0.4 is 5.32 Å². The van der Waals surface area contributed by atoms with Crippen molar-refractivity contribution in [2.24, 2.45) is 5.92 Å². The number of nitrogens with one attached hydrogen (secondary N) is 1. The average Bonchev–Trinajstić information content (AvgIpc) is 2.24. The van der Waals surface area contributed by atoms with E-state index in [0.29, 0.717) is 6.04 Å². The molecule has 0 spiro atoms. The van der Waals surface area contributed by atoms with Crippen LogP contribution in [0.5, 0.6) is 0 Å². The summed E-state index contributed by atoms with van der Waals surface area (Å²) in [6, 6.07) is 2.56. The second-order valence-corrected chi connectivity index (χ2v) is 5.22. The van der Waals surface area contributed by atoms with Crippen molar-refractivity contribution >= 4 is 0 Å². The normalized spacial score (nSPS) is 14.7. The van der Waals surface area contributed by atoms with Crippen LogP contribution in [0.4, 0.5) is 0 Å². The number of pyridine rings is 1. The Morgan fingerprint density at radius 3 is 2.41 bits per heavy atom. The van der Waals surface area contributed by atoms with Crippen molar-refractivity contribution in [1.82, 2.24) is 10.3 Å². The van der Waals surface area contributed by atoms with Gasteiger partial charge in [-0.2, -0.15) is 0 Å². The first-order valence-electron chi connectivity index (χ1n) is 6.63. The van der Waals surface area contributed by atoms with E-state index in [1.807, 2.05) is 0 Å². The Balaban J connectivity index is 2.78. The third-order valence-electron chi connectivity index (χ3n) is 3.49. The summed E-state index contributed by atoms with van der Waals surface area (Å²) >= 11 is 0. The maximum atomic E-state index is 4.56. The van der Waals surface area contributed by atoms with E-state index >= 15 is 0 Å². The maximum absolute atomic E-state index is 4.56. The standard InChI is InChI=1S/C15H26N2/c1-7-10(2)9-16-13(5)15-11(3)8-12(4)17-14(15)6/h8,10,13,16H,7,9H2,1-6H3. The highest BCUT2D eigenvalue weighted by Gasteiger charge is 2.13. The average molecular weight is 234 g/mol. The molecule has 0 aliphatic heterocycles. The number of aromatic nitrogens is 1. The van der Waals surface area contributed by atoms with Crippen molar-refractivity contribution in [3.8, 4) is 0 Å². The van der Waals surface area contributed by atoms with Gasteiger partial charge in [0.05, 0.1) is 0 Å². The SMILES string of the molecule is CCC(C)CNC(C)c1c(C)cc(C)nc1C. The molecule has 0 fully saturated rings. The quantitative estimate of drug-likeness (QED) is 0.840. The third-order valence-corrected chi connectivity index (χ3v) is 3.49. The van der Waals surface area contributed by atoms with E-state index in [-0.39, 0.29) is 0 Å². The molecule has 17 heavy (non-hydrogen) atoms. The molecule has 0 saturated carbocycles. The maximum Gasteiger partial charge on any atom is 0.0426 e. The number of aryl methyl sites for hydroxylation is 3. The smallest absolute Gasteiger partial charge is 0.0426 e. The molecule has 0 radical (unpaired) electrons. The molecule has 0 aromatic carbocycles. The molecular formula is C15H26N2. The summed E-state index contributed by atoms with van der Waals surface area (Å²) in [5, 5.41) is 3.61. The van der Waals surface area contributed by atoms with E-state index in [2.05, 4.69) is 57.9 Å². The highest BCUT2D eigenvalue weighted by molar-refractivity contribution is 5.33. The number of rotatable bonds is 5. The van der Waals surface area contributed by atoms with Gasteiger partial charge in [0.25, 0.3) is 0 Å². The Hall–Kier alpha value is -0.890. The van der Waals surface area contributed by atoms with E-state index in [1.165, 1.54) is 17.5 Å². The van der Waals surface area contributed by atoms with Crippen LogP contribution in [0.3, 0.4) is 0 Å². The van der Waals surface area contributed by atoms with Crippen molar-refractivity contribution in [3.63, 3.8) is 0 Å². The number of hydrogen-bond donors (Lipinski definition) is 1.